The number of methoxy groups -OCH3 is 2. The molecule has 0 atom stereocenters. The molecule has 3 rings (SSSR count). The second-order valence-corrected chi connectivity index (χ2v) is 9.01. The third-order valence-corrected chi connectivity index (χ3v) is 6.96. The largest absolute Gasteiger partial charge is 0.495 e. The Kier molecular flexibility index (Phi) is 6.79. The number of benzene rings is 2. The lowest BCUT2D eigenvalue weighted by Crippen LogP contribution is -2.34. The number of carbonyl (C=O) groups excluding carboxylic acids is 1. The van der Waals surface area contributed by atoms with Crippen molar-refractivity contribution in [3.05, 3.63) is 41.4 Å². The molecule has 0 unspecified atom stereocenters. The Bertz CT molecular complexity index is 1110. The van der Waals surface area contributed by atoms with Gasteiger partial charge in [0.1, 0.15) is 16.4 Å². The molecular weight excluding hydrogens is 450 g/mol. The van der Waals surface area contributed by atoms with E-state index in [1.165, 1.54) is 26.4 Å². The first-order chi connectivity index (χ1) is 14.3. The number of nitrogens with one attached hydrogen (secondary N) is 1. The molecule has 1 amide bonds. The number of amidine groups is 1. The Morgan fingerprint density at radius 2 is 1.90 bits per heavy atom. The molecule has 0 spiro atoms. The van der Waals surface area contributed by atoms with Crippen LogP contribution in [0.1, 0.15) is 6.92 Å². The summed E-state index contributed by atoms with van der Waals surface area (Å²) in [5.74, 6) is 0.380. The highest BCUT2D eigenvalue weighted by Gasteiger charge is 2.30. The molecule has 1 N–H and O–H groups in total. The molecule has 0 saturated heterocycles. The van der Waals surface area contributed by atoms with Crippen molar-refractivity contribution in [1.29, 1.82) is 0 Å². The van der Waals surface area contributed by atoms with Crippen molar-refractivity contribution >= 4 is 55.8 Å². The summed E-state index contributed by atoms with van der Waals surface area (Å²) in [6.45, 7) is 2.39. The standard InChI is InChI=1S/C19H20ClN3O5S2/c1-4-23-14-7-5-6-8-17(14)30(25,26)22-19(23)29-11-18(24)21-13-9-12(20)15(27-2)10-16(13)28-3/h5-10H,4,11H2,1-3H3,(H,21,24). The molecule has 0 aromatic heterocycles. The van der Waals surface area contributed by atoms with Crippen LogP contribution in [0.2, 0.25) is 5.02 Å². The first-order valence-corrected chi connectivity index (χ1v) is 11.7. The van der Waals surface area contributed by atoms with Crippen molar-refractivity contribution in [2.75, 3.05) is 36.7 Å². The summed E-state index contributed by atoms with van der Waals surface area (Å²) >= 11 is 7.16. The van der Waals surface area contributed by atoms with Crippen molar-refractivity contribution in [2.24, 2.45) is 4.40 Å². The number of sulfonamides is 1. The number of fused-ring (bicyclic) bond motifs is 1. The fourth-order valence-electron chi connectivity index (χ4n) is 2.89. The molecule has 2 aromatic rings. The smallest absolute Gasteiger partial charge is 0.286 e. The fraction of sp³-hybridized carbons (Fsp3) is 0.263. The molecular formula is C19H20ClN3O5S2. The van der Waals surface area contributed by atoms with Crippen LogP contribution in [0.25, 0.3) is 0 Å². The molecule has 8 nitrogen and oxygen atoms in total. The SMILES string of the molecule is CCN1C(SCC(=O)Nc2cc(Cl)c(OC)cc2OC)=NS(=O)(=O)c2ccccc21. The lowest BCUT2D eigenvalue weighted by molar-refractivity contribution is -0.113. The molecule has 0 saturated carbocycles. The Hall–Kier alpha value is -2.43. The number of halogens is 1. The van der Waals surface area contributed by atoms with Crippen LogP contribution in [0.15, 0.2) is 45.7 Å². The number of thioether (sulfide) groups is 1. The van der Waals surface area contributed by atoms with Gasteiger partial charge in [-0.2, -0.15) is 8.42 Å². The highest BCUT2D eigenvalue weighted by Crippen LogP contribution is 2.36. The van der Waals surface area contributed by atoms with E-state index in [1.54, 1.807) is 29.2 Å². The van der Waals surface area contributed by atoms with E-state index in [1.807, 2.05) is 6.92 Å². The van der Waals surface area contributed by atoms with E-state index in [2.05, 4.69) is 9.71 Å². The van der Waals surface area contributed by atoms with Crippen LogP contribution in [0, 0.1) is 0 Å². The predicted octanol–water partition coefficient (Wildman–Crippen LogP) is 3.61. The second-order valence-electron chi connectivity index (χ2n) is 6.08. The van der Waals surface area contributed by atoms with E-state index in [-0.39, 0.29) is 21.7 Å². The number of nitrogens with zero attached hydrogens (tertiary/aromatic N) is 2. The quantitative estimate of drug-likeness (QED) is 0.690. The van der Waals surface area contributed by atoms with Crippen LogP contribution in [-0.4, -0.2) is 46.0 Å². The normalized spacial score (nSPS) is 14.5. The van der Waals surface area contributed by atoms with Gasteiger partial charge in [-0.25, -0.2) is 0 Å². The number of para-hydroxylation sites is 1. The first kappa shape index (κ1) is 22.3. The maximum Gasteiger partial charge on any atom is 0.286 e. The highest BCUT2D eigenvalue weighted by atomic mass is 35.5. The number of hydrogen-bond acceptors (Lipinski definition) is 7. The molecule has 1 aliphatic heterocycles. The molecule has 0 radical (unpaired) electrons. The lowest BCUT2D eigenvalue weighted by atomic mass is 10.2. The maximum absolute atomic E-state index is 12.5. The lowest BCUT2D eigenvalue weighted by Gasteiger charge is -2.29. The summed E-state index contributed by atoms with van der Waals surface area (Å²) in [5, 5.41) is 3.28. The summed E-state index contributed by atoms with van der Waals surface area (Å²) < 4.78 is 39.3. The summed E-state index contributed by atoms with van der Waals surface area (Å²) in [4.78, 5) is 14.4. The van der Waals surface area contributed by atoms with E-state index in [0.717, 1.165) is 11.8 Å². The third kappa shape index (κ3) is 4.50. The Balaban J connectivity index is 1.77. The Labute approximate surface area is 184 Å². The van der Waals surface area contributed by atoms with Gasteiger partial charge in [0.25, 0.3) is 10.0 Å². The van der Waals surface area contributed by atoms with Crippen molar-refractivity contribution in [3.8, 4) is 11.5 Å². The van der Waals surface area contributed by atoms with E-state index in [9.17, 15) is 13.2 Å². The molecule has 1 heterocycles. The average molecular weight is 470 g/mol. The van der Waals surface area contributed by atoms with Gasteiger partial charge in [-0.15, -0.1) is 4.40 Å². The second kappa shape index (κ2) is 9.15. The number of anilines is 2. The van der Waals surface area contributed by atoms with Gasteiger partial charge in [0.05, 0.1) is 36.4 Å². The van der Waals surface area contributed by atoms with Gasteiger partial charge in [-0.05, 0) is 25.1 Å². The van der Waals surface area contributed by atoms with Gasteiger partial charge in [0.15, 0.2) is 5.17 Å². The highest BCUT2D eigenvalue weighted by molar-refractivity contribution is 8.15. The van der Waals surface area contributed by atoms with Crippen LogP contribution < -0.4 is 19.7 Å². The number of rotatable bonds is 6. The Morgan fingerprint density at radius 1 is 1.20 bits per heavy atom. The molecule has 0 fully saturated rings. The van der Waals surface area contributed by atoms with Crippen molar-refractivity contribution < 1.29 is 22.7 Å². The van der Waals surface area contributed by atoms with Crippen molar-refractivity contribution in [3.63, 3.8) is 0 Å². The number of carbonyl (C=O) groups is 1. The average Bonchev–Trinajstić information content (AvgIpc) is 2.72. The summed E-state index contributed by atoms with van der Waals surface area (Å²) in [6.07, 6.45) is 0. The van der Waals surface area contributed by atoms with Crippen LogP contribution in [-0.2, 0) is 14.8 Å². The van der Waals surface area contributed by atoms with Crippen LogP contribution in [0.5, 0.6) is 11.5 Å². The first-order valence-electron chi connectivity index (χ1n) is 8.86. The summed E-state index contributed by atoms with van der Waals surface area (Å²) in [6, 6.07) is 9.74. The molecule has 11 heteroatoms. The van der Waals surface area contributed by atoms with E-state index < -0.39 is 10.0 Å². The van der Waals surface area contributed by atoms with Crippen molar-refractivity contribution in [1.82, 2.24) is 0 Å². The zero-order valence-electron chi connectivity index (χ0n) is 16.5. The molecule has 1 aliphatic rings. The van der Waals surface area contributed by atoms with Gasteiger partial charge < -0.3 is 19.7 Å². The summed E-state index contributed by atoms with van der Waals surface area (Å²) in [5.41, 5.74) is 0.923. The topological polar surface area (TPSA) is 97.3 Å². The van der Waals surface area contributed by atoms with Gasteiger partial charge in [-0.1, -0.05) is 35.5 Å². The number of amides is 1. The minimum Gasteiger partial charge on any atom is -0.495 e. The van der Waals surface area contributed by atoms with Crippen LogP contribution in [0.4, 0.5) is 11.4 Å². The maximum atomic E-state index is 12.5. The number of ether oxygens (including phenoxy) is 2. The minimum atomic E-state index is -3.82. The van der Waals surface area contributed by atoms with Gasteiger partial charge >= 0.3 is 0 Å². The molecule has 2 aromatic carbocycles. The molecule has 0 bridgehead atoms. The summed E-state index contributed by atoms with van der Waals surface area (Å²) in [7, 11) is -0.881. The molecule has 0 aliphatic carbocycles. The zero-order valence-corrected chi connectivity index (χ0v) is 18.9. The van der Waals surface area contributed by atoms with Crippen molar-refractivity contribution in [2.45, 2.75) is 11.8 Å². The van der Waals surface area contributed by atoms with Gasteiger partial charge in [0, 0.05) is 12.6 Å². The number of hydrogen-bond donors (Lipinski definition) is 1. The predicted molar refractivity (Wildman–Crippen MR) is 120 cm³/mol. The van der Waals surface area contributed by atoms with E-state index in [4.69, 9.17) is 21.1 Å². The molecule has 160 valence electrons. The minimum absolute atomic E-state index is 0.0557. The molecule has 30 heavy (non-hydrogen) atoms. The van der Waals surface area contributed by atoms with E-state index >= 15 is 0 Å². The third-order valence-electron chi connectivity index (χ3n) is 4.26. The van der Waals surface area contributed by atoms with Crippen LogP contribution >= 0.6 is 23.4 Å². The van der Waals surface area contributed by atoms with Crippen LogP contribution in [0.3, 0.4) is 0 Å². The monoisotopic (exact) mass is 469 g/mol. The fourth-order valence-corrected chi connectivity index (χ4v) is 5.44. The van der Waals surface area contributed by atoms with Gasteiger partial charge in [-0.3, -0.25) is 4.79 Å². The van der Waals surface area contributed by atoms with Gasteiger partial charge in [0.2, 0.25) is 5.91 Å². The zero-order chi connectivity index (χ0) is 21.9. The Morgan fingerprint density at radius 3 is 2.57 bits per heavy atom. The van der Waals surface area contributed by atoms with E-state index in [0.29, 0.717) is 34.4 Å².